The molecule has 7 heteroatoms. The molecule has 0 saturated heterocycles. The van der Waals surface area contributed by atoms with Crippen molar-refractivity contribution in [3.05, 3.63) is 35.4 Å². The summed E-state index contributed by atoms with van der Waals surface area (Å²) in [6.07, 6.45) is 0.572. The molecular formula is C12H19N3O3S. The van der Waals surface area contributed by atoms with Crippen molar-refractivity contribution in [1.82, 2.24) is 4.72 Å². The number of sulfonamides is 1. The van der Waals surface area contributed by atoms with E-state index in [1.165, 1.54) is 0 Å². The molecule has 0 spiro atoms. The number of hydrogen-bond acceptors (Lipinski definition) is 4. The Kier molecular flexibility index (Phi) is 5.94. The summed E-state index contributed by atoms with van der Waals surface area (Å²) in [5.41, 5.74) is 12.0. The first-order valence-corrected chi connectivity index (χ1v) is 7.62. The normalized spacial score (nSPS) is 11.4. The summed E-state index contributed by atoms with van der Waals surface area (Å²) in [6.45, 7) is 0.585. The molecular weight excluding hydrogens is 266 g/mol. The topological polar surface area (TPSA) is 115 Å². The summed E-state index contributed by atoms with van der Waals surface area (Å²) >= 11 is 0. The molecule has 0 aliphatic heterocycles. The second-order valence-electron chi connectivity index (χ2n) is 4.25. The standard InChI is InChI=1S/C12H19N3O3S/c13-8-10-3-1-4-11(7-10)9-19(17,18)15-6-2-5-12(14)16/h1,3-4,7,15H,2,5-6,8-9,13H2,(H2,14,16). The van der Waals surface area contributed by atoms with Gasteiger partial charge in [-0.15, -0.1) is 0 Å². The van der Waals surface area contributed by atoms with Crippen LogP contribution in [-0.2, 0) is 27.1 Å². The van der Waals surface area contributed by atoms with Gasteiger partial charge < -0.3 is 11.5 Å². The maximum atomic E-state index is 11.8. The summed E-state index contributed by atoms with van der Waals surface area (Å²) in [7, 11) is -3.40. The summed E-state index contributed by atoms with van der Waals surface area (Å²) in [5, 5.41) is 0. The van der Waals surface area contributed by atoms with Gasteiger partial charge in [0.15, 0.2) is 0 Å². The zero-order valence-corrected chi connectivity index (χ0v) is 11.4. The highest BCUT2D eigenvalue weighted by molar-refractivity contribution is 7.88. The molecule has 19 heavy (non-hydrogen) atoms. The Morgan fingerprint density at radius 1 is 1.26 bits per heavy atom. The van der Waals surface area contributed by atoms with Gasteiger partial charge in [0.1, 0.15) is 0 Å². The second kappa shape index (κ2) is 7.22. The molecule has 5 N–H and O–H groups in total. The van der Waals surface area contributed by atoms with Crippen molar-refractivity contribution in [2.45, 2.75) is 25.1 Å². The van der Waals surface area contributed by atoms with E-state index in [9.17, 15) is 13.2 Å². The molecule has 0 unspecified atom stereocenters. The van der Waals surface area contributed by atoms with Crippen LogP contribution in [0.1, 0.15) is 24.0 Å². The number of benzene rings is 1. The van der Waals surface area contributed by atoms with Crippen molar-refractivity contribution in [2.24, 2.45) is 11.5 Å². The Hall–Kier alpha value is -1.44. The van der Waals surface area contributed by atoms with E-state index in [4.69, 9.17) is 11.5 Å². The average molecular weight is 285 g/mol. The highest BCUT2D eigenvalue weighted by atomic mass is 32.2. The van der Waals surface area contributed by atoms with Gasteiger partial charge in [0, 0.05) is 19.5 Å². The lowest BCUT2D eigenvalue weighted by molar-refractivity contribution is -0.118. The van der Waals surface area contributed by atoms with Gasteiger partial charge in [0.2, 0.25) is 15.9 Å². The van der Waals surface area contributed by atoms with E-state index >= 15 is 0 Å². The fourth-order valence-electron chi connectivity index (χ4n) is 1.61. The van der Waals surface area contributed by atoms with Crippen molar-refractivity contribution in [3.8, 4) is 0 Å². The molecule has 0 fully saturated rings. The fourth-order valence-corrected chi connectivity index (χ4v) is 2.78. The molecule has 1 aromatic rings. The summed E-state index contributed by atoms with van der Waals surface area (Å²) < 4.78 is 26.0. The lowest BCUT2D eigenvalue weighted by atomic mass is 10.1. The number of carbonyl (C=O) groups is 1. The fraction of sp³-hybridized carbons (Fsp3) is 0.417. The molecule has 0 aliphatic carbocycles. The molecule has 1 rings (SSSR count). The largest absolute Gasteiger partial charge is 0.370 e. The third kappa shape index (κ3) is 6.32. The lowest BCUT2D eigenvalue weighted by Gasteiger charge is -2.07. The summed E-state index contributed by atoms with van der Waals surface area (Å²) in [5.74, 6) is -0.535. The molecule has 1 aromatic carbocycles. The van der Waals surface area contributed by atoms with Gasteiger partial charge in [0.05, 0.1) is 5.75 Å². The summed E-state index contributed by atoms with van der Waals surface area (Å²) in [4.78, 5) is 10.5. The van der Waals surface area contributed by atoms with Gasteiger partial charge in [-0.3, -0.25) is 4.79 Å². The molecule has 0 radical (unpaired) electrons. The predicted octanol–water partition coefficient (Wildman–Crippen LogP) is -0.170. The van der Waals surface area contributed by atoms with Gasteiger partial charge in [-0.2, -0.15) is 0 Å². The van der Waals surface area contributed by atoms with E-state index in [0.717, 1.165) is 5.56 Å². The van der Waals surface area contributed by atoms with Crippen molar-refractivity contribution >= 4 is 15.9 Å². The van der Waals surface area contributed by atoms with Crippen molar-refractivity contribution in [2.75, 3.05) is 6.54 Å². The average Bonchev–Trinajstić information content (AvgIpc) is 2.34. The van der Waals surface area contributed by atoms with Crippen LogP contribution in [0.4, 0.5) is 0 Å². The molecule has 0 aromatic heterocycles. The van der Waals surface area contributed by atoms with Gasteiger partial charge >= 0.3 is 0 Å². The molecule has 1 amide bonds. The van der Waals surface area contributed by atoms with Crippen LogP contribution < -0.4 is 16.2 Å². The van der Waals surface area contributed by atoms with Crippen molar-refractivity contribution in [3.63, 3.8) is 0 Å². The van der Waals surface area contributed by atoms with Crippen LogP contribution in [0.25, 0.3) is 0 Å². The Balaban J connectivity index is 2.51. The first kappa shape index (κ1) is 15.6. The predicted molar refractivity (Wildman–Crippen MR) is 73.4 cm³/mol. The second-order valence-corrected chi connectivity index (χ2v) is 6.05. The Bertz CT molecular complexity index is 529. The summed E-state index contributed by atoms with van der Waals surface area (Å²) in [6, 6.07) is 7.13. The number of rotatable bonds is 8. The van der Waals surface area contributed by atoms with Crippen LogP contribution >= 0.6 is 0 Å². The maximum absolute atomic E-state index is 11.8. The van der Waals surface area contributed by atoms with Gasteiger partial charge in [-0.05, 0) is 17.5 Å². The van der Waals surface area contributed by atoms with Crippen molar-refractivity contribution < 1.29 is 13.2 Å². The third-order valence-electron chi connectivity index (χ3n) is 2.51. The van der Waals surface area contributed by atoms with E-state index in [1.807, 2.05) is 6.07 Å². The smallest absolute Gasteiger partial charge is 0.217 e. The van der Waals surface area contributed by atoms with E-state index in [1.54, 1.807) is 18.2 Å². The van der Waals surface area contributed by atoms with E-state index in [2.05, 4.69) is 4.72 Å². The number of hydrogen-bond donors (Lipinski definition) is 3. The lowest BCUT2D eigenvalue weighted by Crippen LogP contribution is -2.27. The molecule has 6 nitrogen and oxygen atoms in total. The van der Waals surface area contributed by atoms with Crippen LogP contribution in [0.2, 0.25) is 0 Å². The van der Waals surface area contributed by atoms with Gasteiger partial charge in [-0.25, -0.2) is 13.1 Å². The van der Waals surface area contributed by atoms with Crippen LogP contribution in [-0.4, -0.2) is 20.9 Å². The van der Waals surface area contributed by atoms with E-state index < -0.39 is 15.9 Å². The van der Waals surface area contributed by atoms with Crippen LogP contribution in [0.5, 0.6) is 0 Å². The minimum atomic E-state index is -3.40. The third-order valence-corrected chi connectivity index (χ3v) is 3.86. The minimum absolute atomic E-state index is 0.0998. The molecule has 0 heterocycles. The van der Waals surface area contributed by atoms with Crippen LogP contribution in [0, 0.1) is 0 Å². The SMILES string of the molecule is NCc1cccc(CS(=O)(=O)NCCCC(N)=O)c1. The molecule has 0 atom stereocenters. The number of amides is 1. The molecule has 106 valence electrons. The van der Waals surface area contributed by atoms with Gasteiger partial charge in [0.25, 0.3) is 0 Å². The number of nitrogens with one attached hydrogen (secondary N) is 1. The Morgan fingerprint density at radius 3 is 2.58 bits per heavy atom. The number of carbonyl (C=O) groups excluding carboxylic acids is 1. The quantitative estimate of drug-likeness (QED) is 0.575. The highest BCUT2D eigenvalue weighted by Gasteiger charge is 2.11. The number of primary amides is 1. The van der Waals surface area contributed by atoms with Gasteiger partial charge in [-0.1, -0.05) is 24.3 Å². The minimum Gasteiger partial charge on any atom is -0.370 e. The van der Waals surface area contributed by atoms with E-state index in [0.29, 0.717) is 18.5 Å². The Morgan fingerprint density at radius 2 is 1.95 bits per heavy atom. The van der Waals surface area contributed by atoms with Crippen LogP contribution in [0.15, 0.2) is 24.3 Å². The van der Waals surface area contributed by atoms with Crippen LogP contribution in [0.3, 0.4) is 0 Å². The zero-order valence-electron chi connectivity index (χ0n) is 10.6. The zero-order chi connectivity index (χ0) is 14.3. The molecule has 0 aliphatic rings. The maximum Gasteiger partial charge on any atom is 0.217 e. The molecule has 0 saturated carbocycles. The van der Waals surface area contributed by atoms with E-state index in [-0.39, 0.29) is 18.7 Å². The first-order chi connectivity index (χ1) is 8.93. The van der Waals surface area contributed by atoms with Crippen molar-refractivity contribution in [1.29, 1.82) is 0 Å². The molecule has 0 bridgehead atoms. The number of nitrogens with two attached hydrogens (primary N) is 2. The Labute approximate surface area is 113 Å². The highest BCUT2D eigenvalue weighted by Crippen LogP contribution is 2.08. The monoisotopic (exact) mass is 285 g/mol. The first-order valence-electron chi connectivity index (χ1n) is 5.96.